The second-order valence-corrected chi connectivity index (χ2v) is 7.17. The molecule has 1 atom stereocenters. The van der Waals surface area contributed by atoms with Crippen molar-refractivity contribution in [2.75, 3.05) is 39.5 Å². The van der Waals surface area contributed by atoms with E-state index < -0.39 is 11.2 Å². The number of rotatable bonds is 5. The number of ether oxygens (including phenoxy) is 2. The van der Waals surface area contributed by atoms with E-state index in [1.807, 2.05) is 4.90 Å². The zero-order valence-electron chi connectivity index (χ0n) is 13.9. The highest BCUT2D eigenvalue weighted by molar-refractivity contribution is 5.22. The SMILES string of the molecule is OC1(CN2CCOC[C@@](O)(COc3cccc(F)c3)C2)CCCC1. The molecule has 2 N–H and O–H groups in total. The van der Waals surface area contributed by atoms with E-state index in [0.717, 1.165) is 25.7 Å². The Bertz CT molecular complexity index is 550. The van der Waals surface area contributed by atoms with E-state index >= 15 is 0 Å². The average molecular weight is 339 g/mol. The molecule has 0 aromatic heterocycles. The van der Waals surface area contributed by atoms with Gasteiger partial charge in [-0.15, -0.1) is 0 Å². The van der Waals surface area contributed by atoms with Crippen molar-refractivity contribution in [1.29, 1.82) is 0 Å². The molecule has 5 nitrogen and oxygen atoms in total. The summed E-state index contributed by atoms with van der Waals surface area (Å²) in [7, 11) is 0. The first kappa shape index (κ1) is 17.6. The van der Waals surface area contributed by atoms with Crippen molar-refractivity contribution in [3.05, 3.63) is 30.1 Å². The highest BCUT2D eigenvalue weighted by Gasteiger charge is 2.38. The van der Waals surface area contributed by atoms with E-state index in [-0.39, 0.29) is 19.0 Å². The standard InChI is InChI=1S/C18H26FNO4/c19-15-4-3-5-16(10-15)24-14-18(22)12-20(8-9-23-13-18)11-17(21)6-1-2-7-17/h3-5,10,21-22H,1-2,6-9,11-14H2/t18-/m1/s1. The van der Waals surface area contributed by atoms with Gasteiger partial charge in [0.25, 0.3) is 0 Å². The normalized spacial score (nSPS) is 27.8. The predicted molar refractivity (Wildman–Crippen MR) is 87.5 cm³/mol. The molecule has 3 rings (SSSR count). The topological polar surface area (TPSA) is 62.2 Å². The first-order valence-corrected chi connectivity index (χ1v) is 8.60. The molecule has 2 fully saturated rings. The number of hydrogen-bond acceptors (Lipinski definition) is 5. The smallest absolute Gasteiger partial charge is 0.134 e. The minimum atomic E-state index is -1.18. The number of β-amino-alcohol motifs (C(OH)–C–C–N with tert-alkyl or cyclic N) is 2. The van der Waals surface area contributed by atoms with Gasteiger partial charge >= 0.3 is 0 Å². The first-order valence-electron chi connectivity index (χ1n) is 8.60. The lowest BCUT2D eigenvalue weighted by Gasteiger charge is -2.34. The Morgan fingerprint density at radius 2 is 2.00 bits per heavy atom. The van der Waals surface area contributed by atoms with Gasteiger partial charge in [0.1, 0.15) is 23.8 Å². The molecule has 1 aromatic carbocycles. The van der Waals surface area contributed by atoms with E-state index in [0.29, 0.717) is 32.0 Å². The van der Waals surface area contributed by atoms with E-state index in [1.165, 1.54) is 12.1 Å². The summed E-state index contributed by atoms with van der Waals surface area (Å²) in [4.78, 5) is 2.05. The maximum absolute atomic E-state index is 13.2. The summed E-state index contributed by atoms with van der Waals surface area (Å²) in [6.07, 6.45) is 3.72. The van der Waals surface area contributed by atoms with Crippen LogP contribution in [0.3, 0.4) is 0 Å². The lowest BCUT2D eigenvalue weighted by molar-refractivity contribution is -0.0713. The summed E-state index contributed by atoms with van der Waals surface area (Å²) in [5.41, 5.74) is -1.84. The van der Waals surface area contributed by atoms with Crippen molar-refractivity contribution in [3.63, 3.8) is 0 Å². The summed E-state index contributed by atoms with van der Waals surface area (Å²) in [6.45, 7) is 2.27. The second-order valence-electron chi connectivity index (χ2n) is 7.17. The van der Waals surface area contributed by atoms with Gasteiger partial charge in [-0.2, -0.15) is 0 Å². The number of nitrogens with zero attached hydrogens (tertiary/aromatic N) is 1. The van der Waals surface area contributed by atoms with Crippen molar-refractivity contribution >= 4 is 0 Å². The van der Waals surface area contributed by atoms with Gasteiger partial charge in [0, 0.05) is 25.7 Å². The van der Waals surface area contributed by atoms with Gasteiger partial charge in [-0.05, 0) is 25.0 Å². The van der Waals surface area contributed by atoms with Crippen LogP contribution in [0.2, 0.25) is 0 Å². The fraction of sp³-hybridized carbons (Fsp3) is 0.667. The third-order valence-corrected chi connectivity index (χ3v) is 4.80. The highest BCUT2D eigenvalue weighted by atomic mass is 19.1. The van der Waals surface area contributed by atoms with Crippen molar-refractivity contribution in [1.82, 2.24) is 4.90 Å². The summed E-state index contributed by atoms with van der Waals surface area (Å²) < 4.78 is 24.3. The molecular formula is C18H26FNO4. The fourth-order valence-electron chi connectivity index (χ4n) is 3.60. The maximum Gasteiger partial charge on any atom is 0.134 e. The molecule has 0 unspecified atom stereocenters. The van der Waals surface area contributed by atoms with Gasteiger partial charge < -0.3 is 19.7 Å². The van der Waals surface area contributed by atoms with E-state index in [2.05, 4.69) is 0 Å². The van der Waals surface area contributed by atoms with Crippen LogP contribution in [-0.4, -0.2) is 65.8 Å². The Morgan fingerprint density at radius 1 is 1.21 bits per heavy atom. The van der Waals surface area contributed by atoms with E-state index in [9.17, 15) is 14.6 Å². The van der Waals surface area contributed by atoms with Crippen molar-refractivity contribution < 1.29 is 24.1 Å². The molecule has 0 bridgehead atoms. The predicted octanol–water partition coefficient (Wildman–Crippen LogP) is 1.57. The molecule has 0 spiro atoms. The summed E-state index contributed by atoms with van der Waals surface area (Å²) in [5, 5.41) is 21.5. The minimum Gasteiger partial charge on any atom is -0.490 e. The molecule has 24 heavy (non-hydrogen) atoms. The lowest BCUT2D eigenvalue weighted by Crippen LogP contribution is -2.52. The van der Waals surface area contributed by atoms with Gasteiger partial charge in [0.2, 0.25) is 0 Å². The molecule has 1 aromatic rings. The summed E-state index contributed by atoms with van der Waals surface area (Å²) in [5.74, 6) is 0.00957. The van der Waals surface area contributed by atoms with Crippen molar-refractivity contribution in [2.24, 2.45) is 0 Å². The van der Waals surface area contributed by atoms with Crippen LogP contribution in [0.4, 0.5) is 4.39 Å². The highest BCUT2D eigenvalue weighted by Crippen LogP contribution is 2.31. The van der Waals surface area contributed by atoms with Crippen LogP contribution in [0.1, 0.15) is 25.7 Å². The zero-order chi connectivity index (χ0) is 17.0. The van der Waals surface area contributed by atoms with Crippen LogP contribution in [0.25, 0.3) is 0 Å². The molecule has 1 aliphatic heterocycles. The van der Waals surface area contributed by atoms with Crippen LogP contribution in [0.15, 0.2) is 24.3 Å². The second kappa shape index (κ2) is 7.35. The Morgan fingerprint density at radius 3 is 2.75 bits per heavy atom. The van der Waals surface area contributed by atoms with Crippen molar-refractivity contribution in [3.8, 4) is 5.75 Å². The number of benzene rings is 1. The molecule has 1 saturated carbocycles. The third kappa shape index (κ3) is 4.66. The van der Waals surface area contributed by atoms with E-state index in [1.54, 1.807) is 12.1 Å². The zero-order valence-corrected chi connectivity index (χ0v) is 13.9. The molecule has 0 amide bonds. The monoisotopic (exact) mass is 339 g/mol. The average Bonchev–Trinajstić information content (AvgIpc) is 2.87. The van der Waals surface area contributed by atoms with E-state index in [4.69, 9.17) is 9.47 Å². The minimum absolute atomic E-state index is 0.0192. The molecule has 1 saturated heterocycles. The van der Waals surface area contributed by atoms with Crippen LogP contribution in [-0.2, 0) is 4.74 Å². The van der Waals surface area contributed by atoms with Gasteiger partial charge in [-0.3, -0.25) is 4.90 Å². The molecule has 0 radical (unpaired) electrons. The molecular weight excluding hydrogens is 313 g/mol. The van der Waals surface area contributed by atoms with Crippen molar-refractivity contribution in [2.45, 2.75) is 36.9 Å². The largest absolute Gasteiger partial charge is 0.490 e. The maximum atomic E-state index is 13.2. The van der Waals surface area contributed by atoms with Crippen LogP contribution in [0.5, 0.6) is 5.75 Å². The number of hydrogen-bond donors (Lipinski definition) is 2. The Hall–Kier alpha value is -1.21. The Balaban J connectivity index is 1.60. The van der Waals surface area contributed by atoms with Crippen LogP contribution in [0, 0.1) is 5.82 Å². The Labute approximate surface area is 142 Å². The summed E-state index contributed by atoms with van der Waals surface area (Å²) in [6, 6.07) is 5.86. The van der Waals surface area contributed by atoms with Crippen LogP contribution >= 0.6 is 0 Å². The number of halogens is 1. The molecule has 6 heteroatoms. The number of aliphatic hydroxyl groups is 2. The van der Waals surface area contributed by atoms with Gasteiger partial charge in [-0.25, -0.2) is 4.39 Å². The molecule has 1 aliphatic carbocycles. The lowest BCUT2D eigenvalue weighted by atomic mass is 10.00. The quantitative estimate of drug-likeness (QED) is 0.853. The van der Waals surface area contributed by atoms with Gasteiger partial charge in [0.15, 0.2) is 0 Å². The van der Waals surface area contributed by atoms with Gasteiger partial charge in [-0.1, -0.05) is 18.9 Å². The first-order chi connectivity index (χ1) is 11.5. The third-order valence-electron chi connectivity index (χ3n) is 4.80. The molecule has 2 aliphatic rings. The molecule has 1 heterocycles. The van der Waals surface area contributed by atoms with Crippen LogP contribution < -0.4 is 4.74 Å². The Kier molecular flexibility index (Phi) is 5.39. The van der Waals surface area contributed by atoms with Gasteiger partial charge in [0.05, 0.1) is 18.8 Å². The molecule has 134 valence electrons. The fourth-order valence-corrected chi connectivity index (χ4v) is 3.60. The summed E-state index contributed by atoms with van der Waals surface area (Å²) >= 11 is 0.